The van der Waals surface area contributed by atoms with Gasteiger partial charge in [0.1, 0.15) is 12.4 Å². The molecule has 0 bridgehead atoms. The molecule has 0 saturated carbocycles. The molecule has 0 unspecified atom stereocenters. The molecule has 3 aromatic rings. The summed E-state index contributed by atoms with van der Waals surface area (Å²) >= 11 is 6.97. The number of hydrogen-bond donors (Lipinski definition) is 1. The molecule has 9 heteroatoms. The molecule has 0 aliphatic carbocycles. The van der Waals surface area contributed by atoms with E-state index in [9.17, 15) is 14.0 Å². The van der Waals surface area contributed by atoms with Crippen molar-refractivity contribution in [1.29, 1.82) is 0 Å². The Labute approximate surface area is 169 Å². The molecule has 0 spiro atoms. The lowest BCUT2D eigenvalue weighted by Crippen LogP contribution is -2.23. The largest absolute Gasteiger partial charge is 0.456 e. The van der Waals surface area contributed by atoms with Crippen LogP contribution in [-0.2, 0) is 16.1 Å². The lowest BCUT2D eigenvalue weighted by molar-refractivity contribution is -0.115. The van der Waals surface area contributed by atoms with Gasteiger partial charge in [-0.15, -0.1) is 11.3 Å². The van der Waals surface area contributed by atoms with E-state index in [0.717, 1.165) is 11.3 Å². The van der Waals surface area contributed by atoms with Crippen molar-refractivity contribution in [3.8, 4) is 0 Å². The average Bonchev–Trinajstić information content (AvgIpc) is 3.12. The monoisotopic (exact) mass is 419 g/mol. The summed E-state index contributed by atoms with van der Waals surface area (Å²) in [5.41, 5.74) is 6.74. The first-order valence-electron chi connectivity index (χ1n) is 8.08. The van der Waals surface area contributed by atoms with E-state index in [1.165, 1.54) is 48.2 Å². The van der Waals surface area contributed by atoms with Gasteiger partial charge in [-0.05, 0) is 30.3 Å². The van der Waals surface area contributed by atoms with Crippen LogP contribution >= 0.6 is 22.9 Å². The van der Waals surface area contributed by atoms with E-state index in [1.807, 2.05) is 0 Å². The second-order valence-corrected chi connectivity index (χ2v) is 6.98. The van der Waals surface area contributed by atoms with Crippen molar-refractivity contribution in [2.45, 2.75) is 13.5 Å². The van der Waals surface area contributed by atoms with E-state index in [4.69, 9.17) is 22.1 Å². The molecule has 1 aromatic heterocycles. The number of carbonyl (C=O) groups excluding carboxylic acids is 2. The molecule has 0 fully saturated rings. The summed E-state index contributed by atoms with van der Waals surface area (Å²) in [4.78, 5) is 29.6. The molecule has 0 atom stereocenters. The van der Waals surface area contributed by atoms with E-state index in [0.29, 0.717) is 10.7 Å². The quantitative estimate of drug-likeness (QED) is 0.484. The minimum absolute atomic E-state index is 0.101. The van der Waals surface area contributed by atoms with E-state index >= 15 is 0 Å². The van der Waals surface area contributed by atoms with Crippen LogP contribution in [0.25, 0.3) is 0 Å². The lowest BCUT2D eigenvalue weighted by atomic mass is 10.2. The minimum Gasteiger partial charge on any atom is -0.456 e. The fourth-order valence-electron chi connectivity index (χ4n) is 2.40. The van der Waals surface area contributed by atoms with Crippen LogP contribution in [0.5, 0.6) is 0 Å². The highest BCUT2D eigenvalue weighted by atomic mass is 35.5. The SMILES string of the molecule is CC(=O)N(c1nc(COC(=O)c2ccc(Cl)c(N)c2)cs1)c1ccccc1F. The third kappa shape index (κ3) is 4.29. The lowest BCUT2D eigenvalue weighted by Gasteiger charge is -2.18. The van der Waals surface area contributed by atoms with Crippen molar-refractivity contribution in [1.82, 2.24) is 4.98 Å². The average molecular weight is 420 g/mol. The number of halogens is 2. The van der Waals surface area contributed by atoms with Crippen molar-refractivity contribution in [2.24, 2.45) is 0 Å². The number of para-hydroxylation sites is 1. The number of esters is 1. The van der Waals surface area contributed by atoms with E-state index in [2.05, 4.69) is 4.98 Å². The number of benzene rings is 2. The van der Waals surface area contributed by atoms with Gasteiger partial charge in [-0.3, -0.25) is 9.69 Å². The molecule has 0 aliphatic heterocycles. The Hall–Kier alpha value is -2.97. The van der Waals surface area contributed by atoms with Crippen LogP contribution in [0.1, 0.15) is 23.0 Å². The fourth-order valence-corrected chi connectivity index (χ4v) is 3.38. The molecule has 2 N–H and O–H groups in total. The van der Waals surface area contributed by atoms with E-state index < -0.39 is 11.8 Å². The van der Waals surface area contributed by atoms with Gasteiger partial charge in [0.05, 0.1) is 27.7 Å². The Morgan fingerprint density at radius 1 is 1.29 bits per heavy atom. The van der Waals surface area contributed by atoms with Crippen LogP contribution in [0.15, 0.2) is 47.8 Å². The maximum absolute atomic E-state index is 14.1. The van der Waals surface area contributed by atoms with Crippen LogP contribution in [0.3, 0.4) is 0 Å². The van der Waals surface area contributed by atoms with Crippen molar-refractivity contribution in [2.75, 3.05) is 10.6 Å². The molecule has 3 rings (SSSR count). The number of nitrogen functional groups attached to an aromatic ring is 1. The van der Waals surface area contributed by atoms with Gasteiger partial charge in [0.15, 0.2) is 5.13 Å². The Balaban J connectivity index is 1.74. The Morgan fingerprint density at radius 2 is 2.04 bits per heavy atom. The summed E-state index contributed by atoms with van der Waals surface area (Å²) in [7, 11) is 0. The molecule has 0 aliphatic rings. The maximum Gasteiger partial charge on any atom is 0.338 e. The number of nitrogens with zero attached hydrogens (tertiary/aromatic N) is 2. The number of thiazole rings is 1. The number of ether oxygens (including phenoxy) is 1. The van der Waals surface area contributed by atoms with Gasteiger partial charge in [0.25, 0.3) is 0 Å². The molecule has 0 saturated heterocycles. The van der Waals surface area contributed by atoms with Crippen LogP contribution < -0.4 is 10.6 Å². The molecule has 144 valence electrons. The number of carbonyl (C=O) groups is 2. The Morgan fingerprint density at radius 3 is 2.71 bits per heavy atom. The third-order valence-corrected chi connectivity index (χ3v) is 4.94. The standard InChI is InChI=1S/C19H15ClFN3O3S/c1-11(25)24(17-5-3-2-4-15(17)21)19-23-13(10-28-19)9-27-18(26)12-6-7-14(20)16(22)8-12/h2-8,10H,9,22H2,1H3. The second-order valence-electron chi connectivity index (χ2n) is 5.74. The highest BCUT2D eigenvalue weighted by Gasteiger charge is 2.21. The number of aromatic nitrogens is 1. The smallest absolute Gasteiger partial charge is 0.338 e. The summed E-state index contributed by atoms with van der Waals surface area (Å²) in [5, 5.41) is 2.26. The first-order valence-corrected chi connectivity index (χ1v) is 9.34. The number of amides is 1. The molecule has 1 heterocycles. The first-order chi connectivity index (χ1) is 13.4. The molecule has 2 aromatic carbocycles. The Bertz CT molecular complexity index is 1040. The number of rotatable bonds is 5. The van der Waals surface area contributed by atoms with Gasteiger partial charge in [0.2, 0.25) is 5.91 Å². The van der Waals surface area contributed by atoms with Crippen LogP contribution in [0, 0.1) is 5.82 Å². The van der Waals surface area contributed by atoms with Gasteiger partial charge >= 0.3 is 5.97 Å². The fraction of sp³-hybridized carbons (Fsp3) is 0.105. The Kier molecular flexibility index (Phi) is 5.91. The summed E-state index contributed by atoms with van der Waals surface area (Å²) in [6.45, 7) is 1.21. The molecule has 28 heavy (non-hydrogen) atoms. The highest BCUT2D eigenvalue weighted by molar-refractivity contribution is 7.14. The second kappa shape index (κ2) is 8.37. The van der Waals surface area contributed by atoms with Crippen molar-refractivity contribution >= 4 is 51.3 Å². The maximum atomic E-state index is 14.1. The zero-order valence-corrected chi connectivity index (χ0v) is 16.3. The zero-order valence-electron chi connectivity index (χ0n) is 14.7. The van der Waals surface area contributed by atoms with Crippen LogP contribution in [-0.4, -0.2) is 16.9 Å². The van der Waals surface area contributed by atoms with Crippen molar-refractivity contribution in [3.05, 3.63) is 69.9 Å². The number of anilines is 3. The van der Waals surface area contributed by atoms with Crippen molar-refractivity contribution < 1.29 is 18.7 Å². The predicted molar refractivity (Wildman–Crippen MR) is 106 cm³/mol. The summed E-state index contributed by atoms with van der Waals surface area (Å²) in [5.74, 6) is -1.52. The van der Waals surface area contributed by atoms with Gasteiger partial charge in [-0.1, -0.05) is 23.7 Å². The first kappa shape index (κ1) is 19.8. The molecule has 1 amide bonds. The van der Waals surface area contributed by atoms with E-state index in [-0.39, 0.29) is 34.6 Å². The molecular formula is C19H15ClFN3O3S. The molecular weight excluding hydrogens is 405 g/mol. The molecule has 0 radical (unpaired) electrons. The highest BCUT2D eigenvalue weighted by Crippen LogP contribution is 2.31. The van der Waals surface area contributed by atoms with Gasteiger partial charge in [-0.2, -0.15) is 0 Å². The number of nitrogens with two attached hydrogens (primary N) is 1. The van der Waals surface area contributed by atoms with E-state index in [1.54, 1.807) is 11.4 Å². The molecule has 6 nitrogen and oxygen atoms in total. The summed E-state index contributed by atoms with van der Waals surface area (Å²) in [6.07, 6.45) is 0. The topological polar surface area (TPSA) is 85.5 Å². The normalized spacial score (nSPS) is 10.5. The van der Waals surface area contributed by atoms with Crippen LogP contribution in [0.2, 0.25) is 5.02 Å². The predicted octanol–water partition coefficient (Wildman–Crippen LogP) is 4.56. The van der Waals surface area contributed by atoms with Gasteiger partial charge in [-0.25, -0.2) is 14.2 Å². The summed E-state index contributed by atoms with van der Waals surface area (Å²) < 4.78 is 19.3. The van der Waals surface area contributed by atoms with Gasteiger partial charge < -0.3 is 10.5 Å². The van der Waals surface area contributed by atoms with Gasteiger partial charge in [0, 0.05) is 12.3 Å². The zero-order chi connectivity index (χ0) is 20.3. The third-order valence-electron chi connectivity index (χ3n) is 3.72. The minimum atomic E-state index is -0.588. The summed E-state index contributed by atoms with van der Waals surface area (Å²) in [6, 6.07) is 10.3. The van der Waals surface area contributed by atoms with Crippen molar-refractivity contribution in [3.63, 3.8) is 0 Å². The number of hydrogen-bond acceptors (Lipinski definition) is 6. The van der Waals surface area contributed by atoms with Crippen LogP contribution in [0.4, 0.5) is 20.9 Å².